The SMILES string of the molecule is FC1CC(c2ccc(Cl)cc2)(c2nnc(-c3ccccc3)c(C3CC3)n2)C1. The van der Waals surface area contributed by atoms with Crippen LogP contribution >= 0.6 is 11.6 Å². The molecular formula is C22H19ClFN3. The lowest BCUT2D eigenvalue weighted by Crippen LogP contribution is -2.45. The smallest absolute Gasteiger partial charge is 0.161 e. The lowest BCUT2D eigenvalue weighted by Gasteiger charge is -2.43. The highest BCUT2D eigenvalue weighted by atomic mass is 35.5. The van der Waals surface area contributed by atoms with Gasteiger partial charge in [-0.2, -0.15) is 0 Å². The molecule has 5 heteroatoms. The summed E-state index contributed by atoms with van der Waals surface area (Å²) in [6, 6.07) is 17.7. The molecular weight excluding hydrogens is 361 g/mol. The van der Waals surface area contributed by atoms with Gasteiger partial charge in [-0.25, -0.2) is 9.37 Å². The number of halogens is 2. The second-order valence-corrected chi connectivity index (χ2v) is 8.04. The fourth-order valence-corrected chi connectivity index (χ4v) is 4.12. The standard InChI is InChI=1S/C22H19ClFN3/c23-17-10-8-16(9-11-17)22(12-18(24)13-22)21-25-19(15-6-7-15)20(26-27-21)14-4-2-1-3-5-14/h1-5,8-11,15,18H,6-7,12-13H2. The van der Waals surface area contributed by atoms with E-state index in [1.807, 2.05) is 54.6 Å². The highest BCUT2D eigenvalue weighted by molar-refractivity contribution is 6.30. The van der Waals surface area contributed by atoms with Crippen LogP contribution in [-0.4, -0.2) is 21.4 Å². The number of nitrogens with zero attached hydrogens (tertiary/aromatic N) is 3. The second-order valence-electron chi connectivity index (χ2n) is 7.60. The van der Waals surface area contributed by atoms with E-state index in [2.05, 4.69) is 10.2 Å². The first-order chi connectivity index (χ1) is 13.2. The van der Waals surface area contributed by atoms with Crippen LogP contribution in [0.5, 0.6) is 0 Å². The van der Waals surface area contributed by atoms with E-state index >= 15 is 0 Å². The summed E-state index contributed by atoms with van der Waals surface area (Å²) in [7, 11) is 0. The van der Waals surface area contributed by atoms with Gasteiger partial charge in [0, 0.05) is 16.5 Å². The monoisotopic (exact) mass is 379 g/mol. The lowest BCUT2D eigenvalue weighted by molar-refractivity contribution is 0.116. The Bertz CT molecular complexity index is 965. The zero-order valence-electron chi connectivity index (χ0n) is 14.8. The Balaban J connectivity index is 1.61. The topological polar surface area (TPSA) is 38.7 Å². The largest absolute Gasteiger partial charge is 0.247 e. The molecule has 136 valence electrons. The molecule has 5 rings (SSSR count). The van der Waals surface area contributed by atoms with Crippen molar-refractivity contribution in [3.05, 3.63) is 76.7 Å². The zero-order valence-corrected chi connectivity index (χ0v) is 15.5. The Morgan fingerprint density at radius 2 is 1.63 bits per heavy atom. The van der Waals surface area contributed by atoms with Crippen molar-refractivity contribution in [2.24, 2.45) is 0 Å². The second kappa shape index (κ2) is 6.38. The summed E-state index contributed by atoms with van der Waals surface area (Å²) in [5.74, 6) is 1.07. The first-order valence-electron chi connectivity index (χ1n) is 9.36. The van der Waals surface area contributed by atoms with E-state index in [1.165, 1.54) is 0 Å². The predicted octanol–water partition coefficient (Wildman–Crippen LogP) is 5.49. The summed E-state index contributed by atoms with van der Waals surface area (Å²) in [6.07, 6.45) is 2.20. The van der Waals surface area contributed by atoms with Crippen LogP contribution in [-0.2, 0) is 5.41 Å². The average molecular weight is 380 g/mol. The minimum absolute atomic E-state index is 0.394. The molecule has 0 unspecified atom stereocenters. The average Bonchev–Trinajstić information content (AvgIpc) is 3.52. The molecule has 2 aliphatic carbocycles. The predicted molar refractivity (Wildman–Crippen MR) is 104 cm³/mol. The number of hydrogen-bond donors (Lipinski definition) is 0. The van der Waals surface area contributed by atoms with Crippen LogP contribution in [0, 0.1) is 0 Å². The van der Waals surface area contributed by atoms with E-state index in [4.69, 9.17) is 16.6 Å². The maximum Gasteiger partial charge on any atom is 0.161 e. The van der Waals surface area contributed by atoms with Crippen molar-refractivity contribution in [1.29, 1.82) is 0 Å². The summed E-state index contributed by atoms with van der Waals surface area (Å²) in [4.78, 5) is 4.97. The van der Waals surface area contributed by atoms with Crippen LogP contribution in [0.1, 0.15) is 48.7 Å². The van der Waals surface area contributed by atoms with Gasteiger partial charge in [-0.3, -0.25) is 0 Å². The van der Waals surface area contributed by atoms with Gasteiger partial charge in [0.05, 0.1) is 11.1 Å². The highest BCUT2D eigenvalue weighted by Gasteiger charge is 2.50. The summed E-state index contributed by atoms with van der Waals surface area (Å²) in [6.45, 7) is 0. The van der Waals surface area contributed by atoms with E-state index in [-0.39, 0.29) is 0 Å². The van der Waals surface area contributed by atoms with E-state index in [0.717, 1.165) is 35.4 Å². The van der Waals surface area contributed by atoms with Crippen LogP contribution in [0.3, 0.4) is 0 Å². The van der Waals surface area contributed by atoms with Gasteiger partial charge in [-0.1, -0.05) is 54.1 Å². The number of alkyl halides is 1. The van der Waals surface area contributed by atoms with Crippen LogP contribution in [0.15, 0.2) is 54.6 Å². The van der Waals surface area contributed by atoms with E-state index < -0.39 is 11.6 Å². The number of aromatic nitrogens is 3. The van der Waals surface area contributed by atoms with Crippen LogP contribution < -0.4 is 0 Å². The number of benzene rings is 2. The molecule has 2 aromatic carbocycles. The van der Waals surface area contributed by atoms with Crippen molar-refractivity contribution in [2.75, 3.05) is 0 Å². The molecule has 0 radical (unpaired) electrons. The van der Waals surface area contributed by atoms with Gasteiger partial charge in [0.15, 0.2) is 5.82 Å². The Labute approximate surface area is 162 Å². The maximum absolute atomic E-state index is 14.0. The van der Waals surface area contributed by atoms with Crippen molar-refractivity contribution in [3.8, 4) is 11.3 Å². The molecule has 1 aromatic heterocycles. The molecule has 1 heterocycles. The summed E-state index contributed by atoms with van der Waals surface area (Å²) in [5, 5.41) is 9.73. The molecule has 2 fully saturated rings. The Hall–Kier alpha value is -2.33. The van der Waals surface area contributed by atoms with E-state index in [0.29, 0.717) is 29.6 Å². The molecule has 3 aromatic rings. The van der Waals surface area contributed by atoms with E-state index in [1.54, 1.807) is 0 Å². The minimum Gasteiger partial charge on any atom is -0.247 e. The molecule has 0 atom stereocenters. The fourth-order valence-electron chi connectivity index (χ4n) is 4.00. The van der Waals surface area contributed by atoms with Gasteiger partial charge in [-0.15, -0.1) is 10.2 Å². The van der Waals surface area contributed by atoms with Crippen molar-refractivity contribution in [2.45, 2.75) is 43.2 Å². The molecule has 0 N–H and O–H groups in total. The molecule has 27 heavy (non-hydrogen) atoms. The third kappa shape index (κ3) is 2.92. The summed E-state index contributed by atoms with van der Waals surface area (Å²) < 4.78 is 14.0. The summed E-state index contributed by atoms with van der Waals surface area (Å²) in [5.41, 5.74) is 3.39. The first-order valence-corrected chi connectivity index (χ1v) is 9.74. The molecule has 0 bridgehead atoms. The normalized spacial score (nSPS) is 24.4. The van der Waals surface area contributed by atoms with Gasteiger partial charge < -0.3 is 0 Å². The summed E-state index contributed by atoms with van der Waals surface area (Å²) >= 11 is 6.04. The molecule has 0 amide bonds. The molecule has 2 saturated carbocycles. The van der Waals surface area contributed by atoms with E-state index in [9.17, 15) is 4.39 Å². The minimum atomic E-state index is -0.831. The van der Waals surface area contributed by atoms with Crippen molar-refractivity contribution in [3.63, 3.8) is 0 Å². The molecule has 3 nitrogen and oxygen atoms in total. The van der Waals surface area contributed by atoms with Crippen LogP contribution in [0.2, 0.25) is 5.02 Å². The molecule has 0 spiro atoms. The highest BCUT2D eigenvalue weighted by Crippen LogP contribution is 2.50. The number of hydrogen-bond acceptors (Lipinski definition) is 3. The lowest BCUT2D eigenvalue weighted by atomic mass is 9.62. The Morgan fingerprint density at radius 3 is 2.26 bits per heavy atom. The first kappa shape index (κ1) is 16.8. The van der Waals surface area contributed by atoms with Gasteiger partial charge in [0.1, 0.15) is 11.9 Å². The van der Waals surface area contributed by atoms with Gasteiger partial charge >= 0.3 is 0 Å². The van der Waals surface area contributed by atoms with Crippen molar-refractivity contribution < 1.29 is 4.39 Å². The van der Waals surface area contributed by atoms with Gasteiger partial charge in [0.2, 0.25) is 0 Å². The fraction of sp³-hybridized carbons (Fsp3) is 0.318. The van der Waals surface area contributed by atoms with Crippen molar-refractivity contribution >= 4 is 11.6 Å². The third-order valence-electron chi connectivity index (χ3n) is 5.69. The molecule has 0 saturated heterocycles. The van der Waals surface area contributed by atoms with Crippen LogP contribution in [0.4, 0.5) is 4.39 Å². The Morgan fingerprint density at radius 1 is 0.926 bits per heavy atom. The maximum atomic E-state index is 14.0. The molecule has 0 aliphatic heterocycles. The van der Waals surface area contributed by atoms with Crippen molar-refractivity contribution in [1.82, 2.24) is 15.2 Å². The van der Waals surface area contributed by atoms with Gasteiger partial charge in [0.25, 0.3) is 0 Å². The number of rotatable bonds is 4. The molecule has 2 aliphatic rings. The quantitative estimate of drug-likeness (QED) is 0.601. The Kier molecular flexibility index (Phi) is 3.97. The third-order valence-corrected chi connectivity index (χ3v) is 5.94. The van der Waals surface area contributed by atoms with Gasteiger partial charge in [-0.05, 0) is 43.4 Å². The van der Waals surface area contributed by atoms with Crippen LogP contribution in [0.25, 0.3) is 11.3 Å². The zero-order chi connectivity index (χ0) is 18.4.